The van der Waals surface area contributed by atoms with Crippen molar-refractivity contribution >= 4 is 23.0 Å². The van der Waals surface area contributed by atoms with Crippen molar-refractivity contribution in [2.24, 2.45) is 11.0 Å². The van der Waals surface area contributed by atoms with Gasteiger partial charge in [-0.3, -0.25) is 4.90 Å². The topological polar surface area (TPSA) is 56.1 Å². The summed E-state index contributed by atoms with van der Waals surface area (Å²) in [6, 6.07) is 12.3. The van der Waals surface area contributed by atoms with Crippen molar-refractivity contribution in [1.82, 2.24) is 4.90 Å². The van der Waals surface area contributed by atoms with Gasteiger partial charge in [-0.2, -0.15) is 5.11 Å². The van der Waals surface area contributed by atoms with Gasteiger partial charge in [0.05, 0.1) is 11.6 Å². The first-order valence-corrected chi connectivity index (χ1v) is 10.5. The van der Waals surface area contributed by atoms with Gasteiger partial charge in [0.2, 0.25) is 0 Å². The largest absolute Gasteiger partial charge is 0.312 e. The summed E-state index contributed by atoms with van der Waals surface area (Å²) >= 11 is 6.61. The third kappa shape index (κ3) is 4.59. The second kappa shape index (κ2) is 8.68. The first kappa shape index (κ1) is 19.5. The molecule has 4 nitrogen and oxygen atoms in total. The van der Waals surface area contributed by atoms with E-state index in [1.54, 1.807) is 0 Å². The Bertz CT molecular complexity index is 835. The van der Waals surface area contributed by atoms with Crippen LogP contribution in [0.3, 0.4) is 0 Å². The monoisotopic (exact) mass is 401 g/mol. The zero-order valence-corrected chi connectivity index (χ0v) is 16.8. The van der Waals surface area contributed by atoms with Crippen molar-refractivity contribution < 1.29 is 9.71 Å². The Labute approximate surface area is 170 Å². The standard InChI is InChI=1S/C22H26ClFN4/c23-21-19(9-10-20(22(21)27-25)26-12-15-3-4-15)17-7-5-16(6-8-17)13-28-11-1-2-18(24)14-28/h5-10,15,18,25-26H,1-4,11-14H2/p+1. The highest BCUT2D eigenvalue weighted by molar-refractivity contribution is 6.36. The van der Waals surface area contributed by atoms with Gasteiger partial charge in [0, 0.05) is 30.6 Å². The van der Waals surface area contributed by atoms with E-state index in [1.807, 2.05) is 12.1 Å². The van der Waals surface area contributed by atoms with E-state index in [4.69, 9.17) is 17.1 Å². The Hall–Kier alpha value is -1.82. The summed E-state index contributed by atoms with van der Waals surface area (Å²) in [5.74, 6) is 0.789. The van der Waals surface area contributed by atoms with Crippen LogP contribution in [0.2, 0.25) is 5.02 Å². The van der Waals surface area contributed by atoms with Gasteiger partial charge in [0.15, 0.2) is 11.4 Å². The molecule has 3 N–H and O–H groups in total. The first-order chi connectivity index (χ1) is 13.6. The van der Waals surface area contributed by atoms with Crippen molar-refractivity contribution in [3.63, 3.8) is 0 Å². The number of nitrogens with zero attached hydrogens (tertiary/aromatic N) is 2. The predicted octanol–water partition coefficient (Wildman–Crippen LogP) is 5.21. The molecule has 148 valence electrons. The fraction of sp³-hybridized carbons (Fsp3) is 0.455. The van der Waals surface area contributed by atoms with E-state index in [0.29, 0.717) is 23.7 Å². The Morgan fingerprint density at radius 2 is 1.93 bits per heavy atom. The number of nitrogens with two attached hydrogens (primary N) is 1. The van der Waals surface area contributed by atoms with E-state index in [0.717, 1.165) is 48.8 Å². The second-order valence-corrected chi connectivity index (χ2v) is 8.41. The van der Waals surface area contributed by atoms with Gasteiger partial charge >= 0.3 is 0 Å². The number of benzene rings is 2. The summed E-state index contributed by atoms with van der Waals surface area (Å²) in [6.45, 7) is 3.29. The molecule has 0 aromatic heterocycles. The molecule has 1 saturated heterocycles. The Kier molecular flexibility index (Phi) is 6.04. The fourth-order valence-electron chi connectivity index (χ4n) is 3.92. The number of rotatable bonds is 7. The minimum absolute atomic E-state index is 0.529. The maximum Gasteiger partial charge on any atom is 0.165 e. The highest BCUT2D eigenvalue weighted by Crippen LogP contribution is 2.39. The minimum atomic E-state index is -0.700. The van der Waals surface area contributed by atoms with Crippen LogP contribution < -0.4 is 5.32 Å². The highest BCUT2D eigenvalue weighted by atomic mass is 35.5. The molecule has 4 rings (SSSR count). The summed E-state index contributed by atoms with van der Waals surface area (Å²) in [5.41, 5.74) is 12.1. The quantitative estimate of drug-likeness (QED) is 0.485. The molecule has 2 fully saturated rings. The van der Waals surface area contributed by atoms with Gasteiger partial charge in [0.25, 0.3) is 0 Å². The maximum atomic E-state index is 13.6. The molecule has 2 aliphatic rings. The van der Waals surface area contributed by atoms with E-state index in [-0.39, 0.29) is 0 Å². The molecule has 1 saturated carbocycles. The lowest BCUT2D eigenvalue weighted by atomic mass is 10.0. The molecule has 1 aliphatic heterocycles. The van der Waals surface area contributed by atoms with Gasteiger partial charge in [-0.1, -0.05) is 35.9 Å². The Morgan fingerprint density at radius 1 is 1.14 bits per heavy atom. The van der Waals surface area contributed by atoms with Crippen molar-refractivity contribution in [2.45, 2.75) is 38.4 Å². The van der Waals surface area contributed by atoms with Crippen LogP contribution in [0.1, 0.15) is 31.2 Å². The molecule has 2 aromatic rings. The lowest BCUT2D eigenvalue weighted by Crippen LogP contribution is -2.78. The molecular formula is C22H27ClFN4+. The Morgan fingerprint density at radius 3 is 2.61 bits per heavy atom. The molecule has 0 spiro atoms. The second-order valence-electron chi connectivity index (χ2n) is 8.03. The molecule has 1 unspecified atom stereocenters. The van der Waals surface area contributed by atoms with E-state index < -0.39 is 6.17 Å². The zero-order chi connectivity index (χ0) is 19.5. The molecule has 2 aromatic carbocycles. The SMILES string of the molecule is N=Nc1c([NH2+]CC2CC2)ccc(-c2ccc(CN3CCCC(F)C3)cc2)c1Cl. The number of alkyl halides is 1. The van der Waals surface area contributed by atoms with Gasteiger partial charge in [-0.05, 0) is 49.4 Å². The van der Waals surface area contributed by atoms with Crippen LogP contribution in [0.4, 0.5) is 15.8 Å². The van der Waals surface area contributed by atoms with Crippen LogP contribution in [0.5, 0.6) is 0 Å². The molecule has 1 heterocycles. The van der Waals surface area contributed by atoms with Crippen LogP contribution in [-0.4, -0.2) is 30.7 Å². The van der Waals surface area contributed by atoms with Gasteiger partial charge in [-0.15, -0.1) is 0 Å². The summed E-state index contributed by atoms with van der Waals surface area (Å²) in [4.78, 5) is 2.18. The summed E-state index contributed by atoms with van der Waals surface area (Å²) < 4.78 is 13.6. The first-order valence-electron chi connectivity index (χ1n) is 10.1. The van der Waals surface area contributed by atoms with Crippen LogP contribution in [0.15, 0.2) is 41.5 Å². The lowest BCUT2D eigenvalue weighted by molar-refractivity contribution is -0.574. The molecule has 28 heavy (non-hydrogen) atoms. The number of nitrogens with one attached hydrogen (secondary N) is 1. The predicted molar refractivity (Wildman–Crippen MR) is 110 cm³/mol. The summed E-state index contributed by atoms with van der Waals surface area (Å²) in [7, 11) is 0. The average Bonchev–Trinajstić information content (AvgIpc) is 3.52. The number of hydrogen-bond donors (Lipinski definition) is 2. The Balaban J connectivity index is 1.49. The number of quaternary nitrogens is 1. The fourth-order valence-corrected chi connectivity index (χ4v) is 4.24. The molecule has 1 atom stereocenters. The maximum absolute atomic E-state index is 13.6. The number of piperidine rings is 1. The normalized spacial score (nSPS) is 20.3. The van der Waals surface area contributed by atoms with Crippen LogP contribution in [0.25, 0.3) is 11.1 Å². The molecule has 0 radical (unpaired) electrons. The number of hydrogen-bond acceptors (Lipinski definition) is 3. The smallest absolute Gasteiger partial charge is 0.165 e. The minimum Gasteiger partial charge on any atom is -0.312 e. The average molecular weight is 402 g/mol. The van der Waals surface area contributed by atoms with E-state index in [9.17, 15) is 4.39 Å². The van der Waals surface area contributed by atoms with Gasteiger partial charge < -0.3 is 5.32 Å². The van der Waals surface area contributed by atoms with Crippen molar-refractivity contribution in [3.8, 4) is 11.1 Å². The highest BCUT2D eigenvalue weighted by Gasteiger charge is 2.25. The molecule has 6 heteroatoms. The third-order valence-corrected chi connectivity index (χ3v) is 6.13. The number of likely N-dealkylation sites (tertiary alicyclic amines) is 1. The van der Waals surface area contributed by atoms with Gasteiger partial charge in [-0.25, -0.2) is 9.92 Å². The lowest BCUT2D eigenvalue weighted by Gasteiger charge is -2.28. The summed E-state index contributed by atoms with van der Waals surface area (Å²) in [5, 5.41) is 6.39. The van der Waals surface area contributed by atoms with E-state index >= 15 is 0 Å². The van der Waals surface area contributed by atoms with Crippen molar-refractivity contribution in [1.29, 1.82) is 5.53 Å². The molecular weight excluding hydrogens is 375 g/mol. The van der Waals surface area contributed by atoms with E-state index in [2.05, 4.69) is 39.6 Å². The van der Waals surface area contributed by atoms with Crippen LogP contribution in [-0.2, 0) is 6.54 Å². The molecule has 0 amide bonds. The van der Waals surface area contributed by atoms with Crippen molar-refractivity contribution in [2.75, 3.05) is 19.6 Å². The molecule has 1 aliphatic carbocycles. The third-order valence-electron chi connectivity index (χ3n) is 5.75. The van der Waals surface area contributed by atoms with Crippen molar-refractivity contribution in [3.05, 3.63) is 47.0 Å². The van der Waals surface area contributed by atoms with E-state index in [1.165, 1.54) is 18.4 Å². The van der Waals surface area contributed by atoms with Gasteiger partial charge in [0.1, 0.15) is 6.17 Å². The molecule has 0 bridgehead atoms. The van der Waals surface area contributed by atoms with Crippen LogP contribution >= 0.6 is 11.6 Å². The number of halogens is 2. The van der Waals surface area contributed by atoms with Crippen LogP contribution in [0, 0.1) is 11.4 Å². The zero-order valence-electron chi connectivity index (χ0n) is 16.0. The summed E-state index contributed by atoms with van der Waals surface area (Å²) in [6.07, 6.45) is 3.51.